The summed E-state index contributed by atoms with van der Waals surface area (Å²) in [5, 5.41) is 0. The maximum absolute atomic E-state index is 11.8. The van der Waals surface area contributed by atoms with E-state index in [1.807, 2.05) is 0 Å². The number of nitrogens with zero attached hydrogens (tertiary/aromatic N) is 1. The van der Waals surface area contributed by atoms with Crippen molar-refractivity contribution >= 4 is 12.6 Å². The highest BCUT2D eigenvalue weighted by atomic mass is 31.2. The zero-order valence-corrected chi connectivity index (χ0v) is 10.3. The Morgan fingerprint density at radius 2 is 1.93 bits per heavy atom. The van der Waals surface area contributed by atoms with Crippen LogP contribution in [0.15, 0.2) is 18.3 Å². The molecule has 0 radical (unpaired) electrons. The SMILES string of the molecule is COC(OC)c1ccnc(P(C)(C)=O)c1. The summed E-state index contributed by atoms with van der Waals surface area (Å²) in [5.74, 6) is 0. The maximum atomic E-state index is 11.8. The van der Waals surface area contributed by atoms with Gasteiger partial charge in [0.05, 0.1) is 5.44 Å². The quantitative estimate of drug-likeness (QED) is 0.581. The van der Waals surface area contributed by atoms with Crippen LogP contribution < -0.4 is 5.44 Å². The van der Waals surface area contributed by atoms with Crippen molar-refractivity contribution in [3.05, 3.63) is 23.9 Å². The van der Waals surface area contributed by atoms with Crippen LogP contribution in [0, 0.1) is 0 Å². The lowest BCUT2D eigenvalue weighted by Gasteiger charge is -2.15. The molecule has 0 aromatic carbocycles. The molecule has 0 saturated carbocycles. The standard InChI is InChI=1S/C10H16NO3P/c1-13-10(14-2)8-5-6-11-9(7-8)15(3,4)12/h5-7,10H,1-4H3. The Hall–Kier alpha value is -0.700. The van der Waals surface area contributed by atoms with Gasteiger partial charge in [0.1, 0.15) is 7.14 Å². The molecule has 15 heavy (non-hydrogen) atoms. The fraction of sp³-hybridized carbons (Fsp3) is 0.500. The molecule has 0 spiro atoms. The number of hydrogen-bond acceptors (Lipinski definition) is 4. The molecule has 0 saturated heterocycles. The molecule has 0 fully saturated rings. The number of ether oxygens (including phenoxy) is 2. The number of methoxy groups -OCH3 is 2. The molecule has 0 atom stereocenters. The van der Waals surface area contributed by atoms with Gasteiger partial charge in [-0.25, -0.2) is 0 Å². The van der Waals surface area contributed by atoms with Gasteiger partial charge in [0.2, 0.25) is 0 Å². The third-order valence-corrected chi connectivity index (χ3v) is 3.37. The van der Waals surface area contributed by atoms with Gasteiger partial charge in [0.15, 0.2) is 6.29 Å². The summed E-state index contributed by atoms with van der Waals surface area (Å²) in [5.41, 5.74) is 1.42. The van der Waals surface area contributed by atoms with E-state index in [9.17, 15) is 4.57 Å². The summed E-state index contributed by atoms with van der Waals surface area (Å²) in [6.07, 6.45) is 1.19. The van der Waals surface area contributed by atoms with Crippen molar-refractivity contribution in [2.75, 3.05) is 27.5 Å². The zero-order chi connectivity index (χ0) is 11.5. The Labute approximate surface area is 90.0 Å². The van der Waals surface area contributed by atoms with Crippen molar-refractivity contribution in [1.82, 2.24) is 4.98 Å². The number of rotatable bonds is 4. The van der Waals surface area contributed by atoms with Crippen LogP contribution in [-0.4, -0.2) is 32.5 Å². The molecule has 0 unspecified atom stereocenters. The van der Waals surface area contributed by atoms with Crippen LogP contribution in [0.3, 0.4) is 0 Å². The van der Waals surface area contributed by atoms with E-state index < -0.39 is 13.4 Å². The Bertz CT molecular complexity index is 371. The molecule has 1 heterocycles. The summed E-state index contributed by atoms with van der Waals surface area (Å²) in [7, 11) is 0.795. The van der Waals surface area contributed by atoms with Crippen LogP contribution in [0.1, 0.15) is 11.9 Å². The predicted molar refractivity (Wildman–Crippen MR) is 60.1 cm³/mol. The lowest BCUT2D eigenvalue weighted by molar-refractivity contribution is -0.106. The smallest absolute Gasteiger partial charge is 0.183 e. The van der Waals surface area contributed by atoms with Crippen molar-refractivity contribution in [2.24, 2.45) is 0 Å². The summed E-state index contributed by atoms with van der Waals surface area (Å²) in [4.78, 5) is 4.09. The van der Waals surface area contributed by atoms with Crippen LogP contribution in [-0.2, 0) is 14.0 Å². The van der Waals surface area contributed by atoms with E-state index in [0.717, 1.165) is 5.56 Å². The number of pyridine rings is 1. The summed E-state index contributed by atoms with van der Waals surface area (Å²) in [6.45, 7) is 3.38. The predicted octanol–water partition coefficient (Wildman–Crippen LogP) is 1.62. The topological polar surface area (TPSA) is 48.4 Å². The molecule has 0 aliphatic rings. The largest absolute Gasteiger partial charge is 0.352 e. The third kappa shape index (κ3) is 3.13. The molecule has 0 bridgehead atoms. The normalized spacial score (nSPS) is 12.1. The zero-order valence-electron chi connectivity index (χ0n) is 9.43. The van der Waals surface area contributed by atoms with E-state index in [1.54, 1.807) is 45.9 Å². The van der Waals surface area contributed by atoms with E-state index in [2.05, 4.69) is 4.98 Å². The minimum absolute atomic E-state index is 0.432. The summed E-state index contributed by atoms with van der Waals surface area (Å²) >= 11 is 0. The Morgan fingerprint density at radius 3 is 2.40 bits per heavy atom. The number of aromatic nitrogens is 1. The highest BCUT2D eigenvalue weighted by molar-refractivity contribution is 7.69. The van der Waals surface area contributed by atoms with E-state index in [0.29, 0.717) is 5.44 Å². The summed E-state index contributed by atoms with van der Waals surface area (Å²) in [6, 6.07) is 3.55. The molecule has 1 aromatic heterocycles. The van der Waals surface area contributed by atoms with Crippen molar-refractivity contribution in [1.29, 1.82) is 0 Å². The molecule has 0 N–H and O–H groups in total. The second-order valence-electron chi connectivity index (χ2n) is 3.60. The Kier molecular flexibility index (Phi) is 4.03. The first-order valence-electron chi connectivity index (χ1n) is 4.56. The fourth-order valence-corrected chi connectivity index (χ4v) is 2.05. The molecular formula is C10H16NO3P. The minimum atomic E-state index is -2.33. The molecule has 0 aliphatic carbocycles. The third-order valence-electron chi connectivity index (χ3n) is 2.02. The average Bonchev–Trinajstić information content (AvgIpc) is 2.19. The monoisotopic (exact) mass is 229 g/mol. The van der Waals surface area contributed by atoms with Gasteiger partial charge in [-0.15, -0.1) is 0 Å². The van der Waals surface area contributed by atoms with E-state index in [-0.39, 0.29) is 0 Å². The highest BCUT2D eigenvalue weighted by Crippen LogP contribution is 2.34. The van der Waals surface area contributed by atoms with Crippen LogP contribution in [0.25, 0.3) is 0 Å². The van der Waals surface area contributed by atoms with Gasteiger partial charge >= 0.3 is 0 Å². The molecule has 84 valence electrons. The second kappa shape index (κ2) is 4.88. The van der Waals surface area contributed by atoms with Gasteiger partial charge in [-0.3, -0.25) is 4.98 Å². The molecule has 1 rings (SSSR count). The second-order valence-corrected chi connectivity index (χ2v) is 6.76. The first kappa shape index (κ1) is 12.4. The van der Waals surface area contributed by atoms with E-state index in [4.69, 9.17) is 9.47 Å². The van der Waals surface area contributed by atoms with E-state index in [1.165, 1.54) is 0 Å². The van der Waals surface area contributed by atoms with Gasteiger partial charge in [0, 0.05) is 26.0 Å². The van der Waals surface area contributed by atoms with Crippen LogP contribution in [0.2, 0.25) is 0 Å². The Morgan fingerprint density at radius 1 is 1.33 bits per heavy atom. The van der Waals surface area contributed by atoms with Gasteiger partial charge in [-0.05, 0) is 25.5 Å². The lowest BCUT2D eigenvalue weighted by Crippen LogP contribution is -2.12. The van der Waals surface area contributed by atoms with Crippen molar-refractivity contribution < 1.29 is 14.0 Å². The van der Waals surface area contributed by atoms with Crippen LogP contribution >= 0.6 is 7.14 Å². The molecular weight excluding hydrogens is 213 g/mol. The van der Waals surface area contributed by atoms with Gasteiger partial charge < -0.3 is 14.0 Å². The average molecular weight is 229 g/mol. The van der Waals surface area contributed by atoms with Crippen LogP contribution in [0.4, 0.5) is 0 Å². The molecule has 0 amide bonds. The van der Waals surface area contributed by atoms with Gasteiger partial charge in [-0.1, -0.05) is 0 Å². The van der Waals surface area contributed by atoms with Gasteiger partial charge in [0.25, 0.3) is 0 Å². The van der Waals surface area contributed by atoms with Gasteiger partial charge in [-0.2, -0.15) is 0 Å². The molecule has 0 aliphatic heterocycles. The molecule has 5 heteroatoms. The summed E-state index contributed by atoms with van der Waals surface area (Å²) < 4.78 is 22.1. The molecule has 4 nitrogen and oxygen atoms in total. The van der Waals surface area contributed by atoms with Crippen molar-refractivity contribution in [2.45, 2.75) is 6.29 Å². The number of hydrogen-bond donors (Lipinski definition) is 0. The lowest BCUT2D eigenvalue weighted by atomic mass is 10.2. The van der Waals surface area contributed by atoms with Crippen molar-refractivity contribution in [3.63, 3.8) is 0 Å². The first-order valence-corrected chi connectivity index (χ1v) is 7.16. The highest BCUT2D eigenvalue weighted by Gasteiger charge is 2.16. The van der Waals surface area contributed by atoms with Crippen LogP contribution in [0.5, 0.6) is 0 Å². The van der Waals surface area contributed by atoms with Crippen molar-refractivity contribution in [3.8, 4) is 0 Å². The Balaban J connectivity index is 3.07. The van der Waals surface area contributed by atoms with E-state index >= 15 is 0 Å². The minimum Gasteiger partial charge on any atom is -0.352 e. The maximum Gasteiger partial charge on any atom is 0.183 e. The first-order chi connectivity index (χ1) is 6.99. The molecule has 1 aromatic rings. The fourth-order valence-electron chi connectivity index (χ4n) is 1.24.